The molecule has 3 amide bonds. The monoisotopic (exact) mass is 696 g/mol. The molecule has 3 aromatic carbocycles. The van der Waals surface area contributed by atoms with Crippen molar-refractivity contribution in [2.24, 2.45) is 5.92 Å². The molecule has 3 N–H and O–H groups in total. The maximum absolute atomic E-state index is 14.4. The summed E-state index contributed by atoms with van der Waals surface area (Å²) in [5.74, 6) is 0.171. The lowest BCUT2D eigenvalue weighted by Crippen LogP contribution is -2.48. The van der Waals surface area contributed by atoms with Crippen molar-refractivity contribution in [2.75, 3.05) is 51.1 Å². The Hall–Kier alpha value is -4.17. The van der Waals surface area contributed by atoms with Gasteiger partial charge in [-0.05, 0) is 87.7 Å². The number of aliphatic hydroxyl groups excluding tert-OH is 1. The van der Waals surface area contributed by atoms with Gasteiger partial charge in [-0.25, -0.2) is 13.2 Å². The van der Waals surface area contributed by atoms with Gasteiger partial charge in [-0.15, -0.1) is 0 Å². The summed E-state index contributed by atoms with van der Waals surface area (Å²) in [4.78, 5) is 28.8. The highest BCUT2D eigenvalue weighted by molar-refractivity contribution is 7.89. The Bertz CT molecular complexity index is 1640. The molecule has 0 spiro atoms. The van der Waals surface area contributed by atoms with Crippen molar-refractivity contribution in [1.82, 2.24) is 9.21 Å². The third-order valence-electron chi connectivity index (χ3n) is 8.55. The number of nitrogens with one attached hydrogen (secondary N) is 2. The van der Waals surface area contributed by atoms with E-state index in [1.165, 1.54) is 30.6 Å². The van der Waals surface area contributed by atoms with Crippen LogP contribution in [0.3, 0.4) is 0 Å². The summed E-state index contributed by atoms with van der Waals surface area (Å²) in [6.45, 7) is 5.87. The van der Waals surface area contributed by atoms with E-state index < -0.39 is 34.1 Å². The molecule has 13 heteroatoms. The normalized spacial score (nSPS) is 20.0. The van der Waals surface area contributed by atoms with Gasteiger partial charge in [0.15, 0.2) is 0 Å². The number of likely N-dealkylation sites (N-methyl/N-ethyl adjacent to an activating group) is 1. The molecule has 0 radical (unpaired) electrons. The quantitative estimate of drug-likeness (QED) is 0.268. The Morgan fingerprint density at radius 1 is 1.04 bits per heavy atom. The van der Waals surface area contributed by atoms with E-state index >= 15 is 0 Å². The molecule has 49 heavy (non-hydrogen) atoms. The summed E-state index contributed by atoms with van der Waals surface area (Å²) in [6.07, 6.45) is 1.42. The first kappa shape index (κ1) is 37.6. The van der Waals surface area contributed by atoms with Crippen molar-refractivity contribution in [1.29, 1.82) is 0 Å². The van der Waals surface area contributed by atoms with Crippen LogP contribution in [0, 0.1) is 5.92 Å². The molecule has 266 valence electrons. The first-order valence-corrected chi connectivity index (χ1v) is 17.9. The fraction of sp³-hybridized carbons (Fsp3) is 0.444. The second-order valence-electron chi connectivity index (χ2n) is 12.4. The van der Waals surface area contributed by atoms with Gasteiger partial charge in [0.05, 0.1) is 42.4 Å². The van der Waals surface area contributed by atoms with Crippen LogP contribution in [0.5, 0.6) is 11.5 Å². The van der Waals surface area contributed by atoms with E-state index in [1.54, 1.807) is 54.3 Å². The van der Waals surface area contributed by atoms with Crippen LogP contribution >= 0.6 is 0 Å². The number of fused-ring (bicyclic) bond motifs is 1. The van der Waals surface area contributed by atoms with Gasteiger partial charge in [0.2, 0.25) is 10.0 Å². The Balaban J connectivity index is 1.62. The summed E-state index contributed by atoms with van der Waals surface area (Å²) in [5.41, 5.74) is 1.22. The standard InChI is InChI=1S/C36H48N4O8S/c1-25-22-40(26(2)24-41)35(42)32-21-29(38-36(43)37-28-12-7-6-8-13-28)14-19-33(32)48-27(3)11-9-10-20-47-34(25)23-39(4)49(44,45)31-17-15-30(46-5)16-18-31/h6-8,12-19,21,25-27,34,41H,9-11,20,22-24H2,1-5H3,(H2,37,38,43)/t25-,26+,27+,34-/m1/s1. The van der Waals surface area contributed by atoms with E-state index in [1.807, 2.05) is 32.0 Å². The summed E-state index contributed by atoms with van der Waals surface area (Å²) in [5, 5.41) is 15.8. The third-order valence-corrected chi connectivity index (χ3v) is 10.4. The van der Waals surface area contributed by atoms with Gasteiger partial charge in [0.25, 0.3) is 5.91 Å². The number of carbonyl (C=O) groups is 2. The number of sulfonamides is 1. The largest absolute Gasteiger partial charge is 0.497 e. The predicted molar refractivity (Wildman–Crippen MR) is 189 cm³/mol. The minimum Gasteiger partial charge on any atom is -0.497 e. The van der Waals surface area contributed by atoms with Crippen molar-refractivity contribution in [3.63, 3.8) is 0 Å². The van der Waals surface area contributed by atoms with Crippen LogP contribution in [-0.2, 0) is 14.8 Å². The van der Waals surface area contributed by atoms with Crippen molar-refractivity contribution in [3.8, 4) is 11.5 Å². The number of aliphatic hydroxyl groups is 1. The number of para-hydroxylation sites is 1. The Morgan fingerprint density at radius 2 is 1.73 bits per heavy atom. The lowest BCUT2D eigenvalue weighted by Gasteiger charge is -2.35. The topological polar surface area (TPSA) is 147 Å². The molecule has 0 aromatic heterocycles. The molecule has 0 aliphatic carbocycles. The lowest BCUT2D eigenvalue weighted by atomic mass is 10.0. The zero-order valence-corrected chi connectivity index (χ0v) is 29.6. The fourth-order valence-corrected chi connectivity index (χ4v) is 6.74. The van der Waals surface area contributed by atoms with Crippen molar-refractivity contribution in [2.45, 2.75) is 63.2 Å². The van der Waals surface area contributed by atoms with E-state index in [4.69, 9.17) is 14.2 Å². The van der Waals surface area contributed by atoms with E-state index in [0.29, 0.717) is 35.9 Å². The number of carbonyl (C=O) groups excluding carboxylic acids is 2. The second kappa shape index (κ2) is 17.5. The molecule has 0 fully saturated rings. The van der Waals surface area contributed by atoms with Crippen LogP contribution in [0.15, 0.2) is 77.7 Å². The summed E-state index contributed by atoms with van der Waals surface area (Å²) < 4.78 is 46.1. The van der Waals surface area contributed by atoms with Gasteiger partial charge in [-0.3, -0.25) is 4.79 Å². The maximum Gasteiger partial charge on any atom is 0.323 e. The van der Waals surface area contributed by atoms with Crippen LogP contribution in [0.25, 0.3) is 0 Å². The molecule has 4 rings (SSSR count). The number of methoxy groups -OCH3 is 1. The smallest absolute Gasteiger partial charge is 0.323 e. The average molecular weight is 697 g/mol. The molecule has 1 heterocycles. The number of hydrogen-bond acceptors (Lipinski definition) is 8. The van der Waals surface area contributed by atoms with E-state index in [9.17, 15) is 23.1 Å². The van der Waals surface area contributed by atoms with Crippen molar-refractivity contribution in [3.05, 3.63) is 78.4 Å². The summed E-state index contributed by atoms with van der Waals surface area (Å²) in [6, 6.07) is 19.1. The second-order valence-corrected chi connectivity index (χ2v) is 14.5. The first-order valence-electron chi connectivity index (χ1n) is 16.5. The van der Waals surface area contributed by atoms with Gasteiger partial charge in [-0.1, -0.05) is 25.1 Å². The minimum absolute atomic E-state index is 0.0474. The number of nitrogens with zero attached hydrogens (tertiary/aromatic N) is 2. The number of ether oxygens (including phenoxy) is 3. The van der Waals surface area contributed by atoms with Crippen molar-refractivity contribution < 1.29 is 37.3 Å². The molecule has 0 bridgehead atoms. The highest BCUT2D eigenvalue weighted by atomic mass is 32.2. The Labute approximate surface area is 289 Å². The van der Waals surface area contributed by atoms with Gasteiger partial charge in [0.1, 0.15) is 11.5 Å². The predicted octanol–water partition coefficient (Wildman–Crippen LogP) is 5.46. The molecular formula is C36H48N4O8S. The highest BCUT2D eigenvalue weighted by Gasteiger charge is 2.32. The fourth-order valence-electron chi connectivity index (χ4n) is 5.56. The molecule has 0 saturated carbocycles. The van der Waals surface area contributed by atoms with Crippen molar-refractivity contribution >= 4 is 33.3 Å². The Kier molecular flexibility index (Phi) is 13.4. The number of hydrogen-bond donors (Lipinski definition) is 3. The number of anilines is 2. The molecule has 4 atom stereocenters. The van der Waals surface area contributed by atoms with E-state index in [0.717, 1.165) is 12.8 Å². The number of benzene rings is 3. The Morgan fingerprint density at radius 3 is 2.41 bits per heavy atom. The molecular weight excluding hydrogens is 648 g/mol. The molecule has 3 aromatic rings. The van der Waals surface area contributed by atoms with Crippen LogP contribution < -0.4 is 20.1 Å². The van der Waals surface area contributed by atoms with Crippen LogP contribution in [0.2, 0.25) is 0 Å². The van der Waals surface area contributed by atoms with Crippen LogP contribution in [0.4, 0.5) is 16.2 Å². The molecule has 1 aliphatic rings. The zero-order valence-electron chi connectivity index (χ0n) is 28.8. The minimum atomic E-state index is -3.85. The molecule has 12 nitrogen and oxygen atoms in total. The van der Waals surface area contributed by atoms with Crippen LogP contribution in [0.1, 0.15) is 50.4 Å². The van der Waals surface area contributed by atoms with Gasteiger partial charge < -0.3 is 34.9 Å². The number of urea groups is 1. The van der Waals surface area contributed by atoms with Gasteiger partial charge >= 0.3 is 6.03 Å². The average Bonchev–Trinajstić information content (AvgIpc) is 3.09. The van der Waals surface area contributed by atoms with Gasteiger partial charge in [0, 0.05) is 44.0 Å². The number of amides is 3. The van der Waals surface area contributed by atoms with E-state index in [-0.39, 0.29) is 42.2 Å². The summed E-state index contributed by atoms with van der Waals surface area (Å²) >= 11 is 0. The van der Waals surface area contributed by atoms with Crippen LogP contribution in [-0.4, -0.2) is 93.4 Å². The summed E-state index contributed by atoms with van der Waals surface area (Å²) in [7, 11) is -0.827. The highest BCUT2D eigenvalue weighted by Crippen LogP contribution is 2.29. The molecule has 1 aliphatic heterocycles. The zero-order chi connectivity index (χ0) is 35.6. The SMILES string of the molecule is COc1ccc(S(=O)(=O)N(C)C[C@H]2OCCCC[C@H](C)Oc3ccc(NC(=O)Nc4ccccc4)cc3C(=O)N([C@@H](C)CO)C[C@H]2C)cc1. The lowest BCUT2D eigenvalue weighted by molar-refractivity contribution is -0.00834. The van der Waals surface area contributed by atoms with E-state index in [2.05, 4.69) is 10.6 Å². The number of rotatable bonds is 9. The first-order chi connectivity index (χ1) is 23.4. The maximum atomic E-state index is 14.4. The third kappa shape index (κ3) is 10.2. The van der Waals surface area contributed by atoms with Gasteiger partial charge in [-0.2, -0.15) is 4.31 Å². The molecule has 0 unspecified atom stereocenters. The molecule has 0 saturated heterocycles.